The summed E-state index contributed by atoms with van der Waals surface area (Å²) in [6, 6.07) is 27.1. The molecule has 6 aromatic rings. The van der Waals surface area contributed by atoms with E-state index in [-0.39, 0.29) is 11.1 Å². The minimum absolute atomic E-state index is 0.0773. The lowest BCUT2D eigenvalue weighted by Crippen LogP contribution is -2.03. The quantitative estimate of drug-likeness (QED) is 0.302. The van der Waals surface area contributed by atoms with Crippen LogP contribution in [-0.2, 0) is 0 Å². The maximum Gasteiger partial charge on any atom is 0.149 e. The fourth-order valence-electron chi connectivity index (χ4n) is 4.31. The SMILES string of the molecule is N#CC(C#N)=c1s/c(=c2\sc(=C(C#N)C#N)c3nc(-c4ccccc4)c(-c4ccccc4)nc23)c2nccnc12. The number of fused-ring (bicyclic) bond motifs is 2. The second kappa shape index (κ2) is 10.2. The number of aromatic nitrogens is 4. The van der Waals surface area contributed by atoms with Crippen molar-refractivity contribution < 1.29 is 0 Å². The molecule has 0 radical (unpaired) electrons. The van der Waals surface area contributed by atoms with E-state index in [1.54, 1.807) is 0 Å². The van der Waals surface area contributed by atoms with Crippen molar-refractivity contribution in [2.75, 3.05) is 0 Å². The van der Waals surface area contributed by atoms with Crippen LogP contribution < -0.4 is 9.06 Å². The minimum atomic E-state index is -0.0875. The van der Waals surface area contributed by atoms with Gasteiger partial charge in [0, 0.05) is 23.5 Å². The van der Waals surface area contributed by atoms with Gasteiger partial charge in [-0.1, -0.05) is 60.7 Å². The van der Waals surface area contributed by atoms with Crippen LogP contribution in [-0.4, -0.2) is 19.9 Å². The zero-order valence-corrected chi connectivity index (χ0v) is 22.0. The van der Waals surface area contributed by atoms with Crippen molar-refractivity contribution >= 4 is 55.9 Å². The van der Waals surface area contributed by atoms with E-state index in [1.807, 2.05) is 84.9 Å². The van der Waals surface area contributed by atoms with Crippen molar-refractivity contribution in [2.24, 2.45) is 0 Å². The summed E-state index contributed by atoms with van der Waals surface area (Å²) in [4.78, 5) is 19.0. The summed E-state index contributed by atoms with van der Waals surface area (Å²) >= 11 is 2.41. The van der Waals surface area contributed by atoms with Crippen LogP contribution in [0.2, 0.25) is 0 Å². The third-order valence-electron chi connectivity index (χ3n) is 6.06. The first-order valence-corrected chi connectivity index (χ1v) is 13.4. The Hall–Kier alpha value is -5.78. The standard InChI is InChI=1S/C30H12N8S2/c31-13-19(14-32)27-23-24(36-12-11-35-23)29(39-27)30-26-25(28(40-30)20(15-33)16-34)37-21(17-7-3-1-4-8-17)22(38-26)18-9-5-2-6-10-18/h1-12H/b30-29-. The van der Waals surface area contributed by atoms with Gasteiger partial charge >= 0.3 is 0 Å². The summed E-state index contributed by atoms with van der Waals surface area (Å²) in [5, 5.41) is 38.8. The summed E-state index contributed by atoms with van der Waals surface area (Å²) in [5.74, 6) is 0. The third kappa shape index (κ3) is 3.95. The third-order valence-corrected chi connectivity index (χ3v) is 8.60. The highest BCUT2D eigenvalue weighted by Crippen LogP contribution is 2.32. The Kier molecular flexibility index (Phi) is 6.24. The molecule has 0 aliphatic carbocycles. The van der Waals surface area contributed by atoms with Crippen molar-refractivity contribution in [1.82, 2.24) is 19.9 Å². The van der Waals surface area contributed by atoms with E-state index in [1.165, 1.54) is 35.1 Å². The van der Waals surface area contributed by atoms with E-state index in [4.69, 9.17) is 9.97 Å². The molecule has 0 amide bonds. The number of nitriles is 4. The molecular weight excluding hydrogens is 537 g/mol. The Balaban J connectivity index is 1.93. The van der Waals surface area contributed by atoms with Crippen LogP contribution in [0.4, 0.5) is 0 Å². The van der Waals surface area contributed by atoms with Gasteiger partial charge < -0.3 is 0 Å². The van der Waals surface area contributed by atoms with Gasteiger partial charge in [0.05, 0.1) is 29.5 Å². The molecule has 0 fully saturated rings. The minimum Gasteiger partial charge on any atom is -0.251 e. The van der Waals surface area contributed by atoms with Gasteiger partial charge in [0.15, 0.2) is 0 Å². The molecule has 0 aliphatic heterocycles. The number of rotatable bonds is 2. The molecule has 8 nitrogen and oxygen atoms in total. The molecular formula is C30H12N8S2. The first-order valence-electron chi connectivity index (χ1n) is 11.7. The Morgan fingerprint density at radius 1 is 0.525 bits per heavy atom. The molecule has 4 heterocycles. The van der Waals surface area contributed by atoms with Gasteiger partial charge in [0.2, 0.25) is 0 Å². The highest BCUT2D eigenvalue weighted by atomic mass is 32.1. The van der Waals surface area contributed by atoms with E-state index < -0.39 is 0 Å². The second-order valence-electron chi connectivity index (χ2n) is 8.32. The van der Waals surface area contributed by atoms with E-state index in [0.29, 0.717) is 51.6 Å². The van der Waals surface area contributed by atoms with Gasteiger partial charge in [0.1, 0.15) is 57.5 Å². The van der Waals surface area contributed by atoms with Gasteiger partial charge in [-0.25, -0.2) is 9.97 Å². The van der Waals surface area contributed by atoms with Crippen LogP contribution in [0, 0.1) is 54.4 Å². The molecule has 0 saturated heterocycles. The number of hydrogen-bond acceptors (Lipinski definition) is 10. The highest BCUT2D eigenvalue weighted by Gasteiger charge is 2.19. The summed E-state index contributed by atoms with van der Waals surface area (Å²) in [6.07, 6.45) is 3.04. The molecule has 0 N–H and O–H groups in total. The molecule has 0 aliphatic rings. The molecule has 0 bridgehead atoms. The fourth-order valence-corrected chi connectivity index (χ4v) is 6.71. The normalized spacial score (nSPS) is 11.3. The van der Waals surface area contributed by atoms with Crippen molar-refractivity contribution in [2.45, 2.75) is 0 Å². The number of thiophene rings is 2. The molecule has 0 atom stereocenters. The Morgan fingerprint density at radius 2 is 0.950 bits per heavy atom. The Bertz CT molecular complexity index is 2330. The largest absolute Gasteiger partial charge is 0.251 e. The smallest absolute Gasteiger partial charge is 0.149 e. The molecule has 0 saturated carbocycles. The number of benzene rings is 2. The van der Waals surface area contributed by atoms with Gasteiger partial charge in [-0.05, 0) is 0 Å². The van der Waals surface area contributed by atoms with Gasteiger partial charge in [-0.2, -0.15) is 21.0 Å². The van der Waals surface area contributed by atoms with Crippen LogP contribution in [0.5, 0.6) is 0 Å². The van der Waals surface area contributed by atoms with E-state index in [9.17, 15) is 21.0 Å². The van der Waals surface area contributed by atoms with Gasteiger partial charge in [-0.3, -0.25) is 9.97 Å². The average molecular weight is 549 g/mol. The molecule has 6 rings (SSSR count). The summed E-state index contributed by atoms with van der Waals surface area (Å²) in [6.45, 7) is 0. The first-order chi connectivity index (χ1) is 19.7. The Labute approximate surface area is 234 Å². The fraction of sp³-hybridized carbons (Fsp3) is 0. The van der Waals surface area contributed by atoms with Crippen molar-refractivity contribution in [3.05, 3.63) is 91.2 Å². The summed E-state index contributed by atoms with van der Waals surface area (Å²) in [7, 11) is 0. The zero-order chi connectivity index (χ0) is 27.6. The molecule has 0 spiro atoms. The average Bonchev–Trinajstić information content (AvgIpc) is 3.57. The lowest BCUT2D eigenvalue weighted by Gasteiger charge is -2.09. The second-order valence-corrected chi connectivity index (χ2v) is 10.4. The predicted octanol–water partition coefficient (Wildman–Crippen LogP) is 4.71. The Morgan fingerprint density at radius 3 is 1.45 bits per heavy atom. The number of hydrogen-bond donors (Lipinski definition) is 0. The highest BCUT2D eigenvalue weighted by molar-refractivity contribution is 7.13. The predicted molar refractivity (Wildman–Crippen MR) is 152 cm³/mol. The molecule has 0 unspecified atom stereocenters. The van der Waals surface area contributed by atoms with Gasteiger partial charge in [0.25, 0.3) is 0 Å². The molecule has 4 aromatic heterocycles. The van der Waals surface area contributed by atoms with Crippen LogP contribution in [0.15, 0.2) is 73.1 Å². The summed E-state index contributed by atoms with van der Waals surface area (Å²) in [5.41, 5.74) is 4.57. The molecule has 10 heteroatoms. The van der Waals surface area contributed by atoms with Crippen LogP contribution in [0.1, 0.15) is 0 Å². The van der Waals surface area contributed by atoms with Crippen LogP contribution >= 0.6 is 22.7 Å². The summed E-state index contributed by atoms with van der Waals surface area (Å²) < 4.78 is 2.02. The first kappa shape index (κ1) is 24.6. The topological polar surface area (TPSA) is 147 Å². The van der Waals surface area contributed by atoms with E-state index >= 15 is 0 Å². The van der Waals surface area contributed by atoms with Crippen LogP contribution in [0.3, 0.4) is 0 Å². The molecule has 184 valence electrons. The van der Waals surface area contributed by atoms with Crippen molar-refractivity contribution in [1.29, 1.82) is 21.0 Å². The van der Waals surface area contributed by atoms with E-state index in [2.05, 4.69) is 9.97 Å². The van der Waals surface area contributed by atoms with Gasteiger partial charge in [-0.15, -0.1) is 22.7 Å². The number of nitrogens with zero attached hydrogens (tertiary/aromatic N) is 8. The van der Waals surface area contributed by atoms with E-state index in [0.717, 1.165) is 11.1 Å². The maximum atomic E-state index is 9.80. The zero-order valence-electron chi connectivity index (χ0n) is 20.3. The van der Waals surface area contributed by atoms with Crippen molar-refractivity contribution in [3.8, 4) is 46.8 Å². The van der Waals surface area contributed by atoms with Crippen LogP contribution in [0.25, 0.3) is 55.7 Å². The maximum absolute atomic E-state index is 9.80. The lowest BCUT2D eigenvalue weighted by atomic mass is 10.0. The molecule has 40 heavy (non-hydrogen) atoms. The van der Waals surface area contributed by atoms with Crippen molar-refractivity contribution in [3.63, 3.8) is 0 Å². The monoisotopic (exact) mass is 548 g/mol. The lowest BCUT2D eigenvalue weighted by molar-refractivity contribution is 1.29. The molecule has 2 aromatic carbocycles.